The van der Waals surface area contributed by atoms with E-state index < -0.39 is 0 Å². The van der Waals surface area contributed by atoms with Crippen molar-refractivity contribution in [1.82, 2.24) is 4.98 Å². The third-order valence-corrected chi connectivity index (χ3v) is 10.0. The number of fused-ring (bicyclic) bond motifs is 7. The standard InChI is InChI=1S/C49H31NO/c1-4-12-32(13-5-1)38-28-39(33-14-6-2-7-15-33)30-40(29-38)35-22-20-34(21-23-35)37-24-25-41-44(31-37)50-49(36-16-8-3-9-17-36)43-26-27-46-48(47(41)43)42-18-10-11-19-45(42)51-46/h1-31H. The monoisotopic (exact) mass is 649 g/mol. The van der Waals surface area contributed by atoms with Gasteiger partial charge in [0, 0.05) is 32.5 Å². The lowest BCUT2D eigenvalue weighted by atomic mass is 9.92. The molecular formula is C49H31NO. The SMILES string of the molecule is c1ccc(-c2cc(-c3ccccc3)cc(-c3ccc(-c4ccc5c(c4)nc(-c4ccccc4)c4ccc6oc7ccccc7c6c45)cc3)c2)cc1. The second-order valence-electron chi connectivity index (χ2n) is 13.1. The van der Waals surface area contributed by atoms with Crippen molar-refractivity contribution < 1.29 is 4.42 Å². The Morgan fingerprint density at radius 2 is 0.784 bits per heavy atom. The summed E-state index contributed by atoms with van der Waals surface area (Å²) in [4.78, 5) is 5.34. The Bertz CT molecular complexity index is 2810. The van der Waals surface area contributed by atoms with Crippen molar-refractivity contribution >= 4 is 43.6 Å². The molecule has 0 saturated carbocycles. The predicted octanol–water partition coefficient (Wildman–Crippen LogP) is 13.6. The molecule has 0 saturated heterocycles. The van der Waals surface area contributed by atoms with Crippen LogP contribution in [0.2, 0.25) is 0 Å². The van der Waals surface area contributed by atoms with Crippen LogP contribution in [0.5, 0.6) is 0 Å². The number of hydrogen-bond donors (Lipinski definition) is 0. The van der Waals surface area contributed by atoms with E-state index in [0.29, 0.717) is 0 Å². The second-order valence-corrected chi connectivity index (χ2v) is 13.1. The molecule has 0 spiro atoms. The van der Waals surface area contributed by atoms with Crippen molar-refractivity contribution in [3.8, 4) is 55.8 Å². The van der Waals surface area contributed by atoms with Crippen LogP contribution < -0.4 is 0 Å². The fraction of sp³-hybridized carbons (Fsp3) is 0. The summed E-state index contributed by atoms with van der Waals surface area (Å²) in [5, 5.41) is 5.68. The van der Waals surface area contributed by atoms with Crippen LogP contribution in [0.15, 0.2) is 192 Å². The Morgan fingerprint density at radius 3 is 1.41 bits per heavy atom. The molecule has 10 aromatic rings. The van der Waals surface area contributed by atoms with Crippen LogP contribution >= 0.6 is 0 Å². The Hall–Kier alpha value is -6.77. The minimum atomic E-state index is 0.890. The van der Waals surface area contributed by atoms with Crippen LogP contribution in [0.25, 0.3) is 99.4 Å². The van der Waals surface area contributed by atoms with E-state index in [2.05, 4.69) is 176 Å². The highest BCUT2D eigenvalue weighted by molar-refractivity contribution is 6.28. The molecule has 2 heteroatoms. The average molecular weight is 650 g/mol. The van der Waals surface area contributed by atoms with E-state index >= 15 is 0 Å². The number of aromatic nitrogens is 1. The minimum Gasteiger partial charge on any atom is -0.456 e. The highest BCUT2D eigenvalue weighted by atomic mass is 16.3. The molecule has 0 amide bonds. The first kappa shape index (κ1) is 29.2. The quantitative estimate of drug-likeness (QED) is 0.173. The van der Waals surface area contributed by atoms with Crippen LogP contribution in [0.3, 0.4) is 0 Å². The summed E-state index contributed by atoms with van der Waals surface area (Å²) >= 11 is 0. The van der Waals surface area contributed by atoms with Gasteiger partial charge in [-0.2, -0.15) is 0 Å². The lowest BCUT2D eigenvalue weighted by Gasteiger charge is -2.13. The average Bonchev–Trinajstić information content (AvgIpc) is 3.60. The van der Waals surface area contributed by atoms with Crippen molar-refractivity contribution in [3.63, 3.8) is 0 Å². The molecule has 0 bridgehead atoms. The maximum absolute atomic E-state index is 6.34. The molecule has 0 aliphatic rings. The van der Waals surface area contributed by atoms with Crippen LogP contribution in [0.1, 0.15) is 0 Å². The van der Waals surface area contributed by atoms with E-state index in [1.165, 1.54) is 38.8 Å². The summed E-state index contributed by atoms with van der Waals surface area (Å²) in [6, 6.07) is 66.8. The van der Waals surface area contributed by atoms with Crippen LogP contribution in [-0.2, 0) is 0 Å². The molecule has 2 aromatic heterocycles. The van der Waals surface area contributed by atoms with Gasteiger partial charge in [-0.05, 0) is 87.0 Å². The number of furan rings is 1. The number of pyridine rings is 1. The molecule has 0 N–H and O–H groups in total. The van der Waals surface area contributed by atoms with Crippen LogP contribution in [0.4, 0.5) is 0 Å². The Balaban J connectivity index is 1.12. The van der Waals surface area contributed by atoms with Gasteiger partial charge in [0.05, 0.1) is 11.2 Å². The predicted molar refractivity (Wildman–Crippen MR) is 214 cm³/mol. The summed E-state index contributed by atoms with van der Waals surface area (Å²) in [6.07, 6.45) is 0. The van der Waals surface area contributed by atoms with E-state index in [1.807, 2.05) is 12.1 Å². The van der Waals surface area contributed by atoms with Crippen molar-refractivity contribution in [2.75, 3.05) is 0 Å². The fourth-order valence-corrected chi connectivity index (χ4v) is 7.55. The van der Waals surface area contributed by atoms with Gasteiger partial charge in [-0.25, -0.2) is 4.98 Å². The molecule has 0 atom stereocenters. The van der Waals surface area contributed by atoms with Gasteiger partial charge in [0.25, 0.3) is 0 Å². The normalized spacial score (nSPS) is 11.5. The zero-order valence-electron chi connectivity index (χ0n) is 27.8. The van der Waals surface area contributed by atoms with E-state index in [0.717, 1.165) is 60.6 Å². The molecule has 51 heavy (non-hydrogen) atoms. The maximum atomic E-state index is 6.34. The molecule has 2 heterocycles. The van der Waals surface area contributed by atoms with E-state index in [-0.39, 0.29) is 0 Å². The third kappa shape index (κ3) is 5.08. The molecule has 0 unspecified atom stereocenters. The highest BCUT2D eigenvalue weighted by Gasteiger charge is 2.18. The number of hydrogen-bond acceptors (Lipinski definition) is 2. The molecule has 0 aliphatic carbocycles. The van der Waals surface area contributed by atoms with Gasteiger partial charge in [-0.1, -0.05) is 146 Å². The van der Waals surface area contributed by atoms with Gasteiger partial charge >= 0.3 is 0 Å². The molecule has 2 nitrogen and oxygen atoms in total. The fourth-order valence-electron chi connectivity index (χ4n) is 7.55. The van der Waals surface area contributed by atoms with Crippen molar-refractivity contribution in [1.29, 1.82) is 0 Å². The first-order chi connectivity index (χ1) is 25.3. The summed E-state index contributed by atoms with van der Waals surface area (Å²) in [5.74, 6) is 0. The van der Waals surface area contributed by atoms with Gasteiger partial charge < -0.3 is 4.42 Å². The second kappa shape index (κ2) is 12.0. The van der Waals surface area contributed by atoms with Crippen molar-refractivity contribution in [2.24, 2.45) is 0 Å². The number of rotatable bonds is 5. The van der Waals surface area contributed by atoms with Gasteiger partial charge in [0.15, 0.2) is 0 Å². The highest BCUT2D eigenvalue weighted by Crippen LogP contribution is 2.42. The van der Waals surface area contributed by atoms with Crippen molar-refractivity contribution in [3.05, 3.63) is 188 Å². The van der Waals surface area contributed by atoms with Crippen LogP contribution in [-0.4, -0.2) is 4.98 Å². The zero-order chi connectivity index (χ0) is 33.7. The van der Waals surface area contributed by atoms with E-state index in [4.69, 9.17) is 9.40 Å². The number of nitrogens with zero attached hydrogens (tertiary/aromatic N) is 1. The number of para-hydroxylation sites is 1. The first-order valence-electron chi connectivity index (χ1n) is 17.4. The summed E-state index contributed by atoms with van der Waals surface area (Å²) < 4.78 is 6.34. The van der Waals surface area contributed by atoms with E-state index in [1.54, 1.807) is 0 Å². The summed E-state index contributed by atoms with van der Waals surface area (Å²) in [7, 11) is 0. The van der Waals surface area contributed by atoms with Crippen LogP contribution in [0, 0.1) is 0 Å². The Morgan fingerprint density at radius 1 is 0.294 bits per heavy atom. The lowest BCUT2D eigenvalue weighted by molar-refractivity contribution is 0.669. The smallest absolute Gasteiger partial charge is 0.136 e. The van der Waals surface area contributed by atoms with E-state index in [9.17, 15) is 0 Å². The summed E-state index contributed by atoms with van der Waals surface area (Å²) in [6.45, 7) is 0. The maximum Gasteiger partial charge on any atom is 0.136 e. The van der Waals surface area contributed by atoms with Gasteiger partial charge in [-0.3, -0.25) is 0 Å². The first-order valence-corrected chi connectivity index (χ1v) is 17.4. The molecule has 238 valence electrons. The zero-order valence-corrected chi connectivity index (χ0v) is 27.8. The van der Waals surface area contributed by atoms with Crippen molar-refractivity contribution in [2.45, 2.75) is 0 Å². The lowest BCUT2D eigenvalue weighted by Crippen LogP contribution is -1.91. The number of benzene rings is 8. The molecule has 0 fully saturated rings. The molecular weight excluding hydrogens is 619 g/mol. The molecule has 0 radical (unpaired) electrons. The van der Waals surface area contributed by atoms with Gasteiger partial charge in [0.2, 0.25) is 0 Å². The third-order valence-electron chi connectivity index (χ3n) is 10.0. The Kier molecular flexibility index (Phi) is 6.85. The topological polar surface area (TPSA) is 26.0 Å². The molecule has 10 rings (SSSR count). The van der Waals surface area contributed by atoms with Gasteiger partial charge in [-0.15, -0.1) is 0 Å². The largest absolute Gasteiger partial charge is 0.456 e. The summed E-state index contributed by atoms with van der Waals surface area (Å²) in [5.41, 5.74) is 14.3. The molecule has 0 aliphatic heterocycles. The Labute approximate surface area is 295 Å². The minimum absolute atomic E-state index is 0.890. The van der Waals surface area contributed by atoms with Gasteiger partial charge in [0.1, 0.15) is 11.2 Å². The molecule has 8 aromatic carbocycles.